The van der Waals surface area contributed by atoms with Gasteiger partial charge in [0.2, 0.25) is 11.8 Å². The number of rotatable bonds is 10. The first-order chi connectivity index (χ1) is 20.0. The van der Waals surface area contributed by atoms with Crippen molar-refractivity contribution in [1.29, 1.82) is 0 Å². The van der Waals surface area contributed by atoms with Crippen molar-refractivity contribution in [2.45, 2.75) is 37.8 Å². The number of carboxylic acid groups (broad SMARTS) is 1. The number of carbonyl (C=O) groups excluding carboxylic acids is 1. The number of aliphatic carboxylic acids is 1. The molecule has 4 aromatic rings. The molecule has 1 fully saturated rings. The Morgan fingerprint density at radius 1 is 0.902 bits per heavy atom. The van der Waals surface area contributed by atoms with Gasteiger partial charge in [-0.25, -0.2) is 9.78 Å². The van der Waals surface area contributed by atoms with E-state index < -0.39 is 17.6 Å². The Bertz CT molecular complexity index is 1390. The van der Waals surface area contributed by atoms with Gasteiger partial charge in [0.1, 0.15) is 11.2 Å². The number of benzene rings is 3. The highest BCUT2D eigenvalue weighted by atomic mass is 32.1. The molecule has 1 aromatic heterocycles. The molecule has 2 heterocycles. The largest absolute Gasteiger partial charge is 0.476 e. The molecule has 1 aliphatic rings. The van der Waals surface area contributed by atoms with Gasteiger partial charge in [0.25, 0.3) is 5.91 Å². The Labute approximate surface area is 243 Å². The molecule has 0 radical (unpaired) electrons. The van der Waals surface area contributed by atoms with E-state index in [0.717, 1.165) is 36.0 Å². The van der Waals surface area contributed by atoms with Gasteiger partial charge in [-0.05, 0) is 42.9 Å². The minimum absolute atomic E-state index is 0.144. The molecule has 0 spiro atoms. The van der Waals surface area contributed by atoms with Crippen LogP contribution >= 0.6 is 11.3 Å². The van der Waals surface area contributed by atoms with Gasteiger partial charge in [-0.2, -0.15) is 0 Å². The number of hydrogen-bond donors (Lipinski definition) is 2. The normalized spacial score (nSPS) is 14.8. The molecule has 1 aliphatic heterocycles. The number of carboxylic acids is 1. The van der Waals surface area contributed by atoms with Gasteiger partial charge in [0.15, 0.2) is 5.13 Å². The van der Waals surface area contributed by atoms with Gasteiger partial charge in [-0.1, -0.05) is 96.2 Å². The molecule has 1 unspecified atom stereocenters. The van der Waals surface area contributed by atoms with Crippen LogP contribution in [-0.2, 0) is 20.0 Å². The van der Waals surface area contributed by atoms with Crippen LogP contribution in [0.25, 0.3) is 0 Å². The molecule has 1 amide bonds. The molecule has 9 heteroatoms. The van der Waals surface area contributed by atoms with Gasteiger partial charge in [-0.15, -0.1) is 11.3 Å². The van der Waals surface area contributed by atoms with E-state index in [9.17, 15) is 14.7 Å². The lowest BCUT2D eigenvalue weighted by atomic mass is 9.77. The number of thiazole rings is 1. The summed E-state index contributed by atoms with van der Waals surface area (Å²) in [5.74, 6) is -1.49. The molecule has 0 bridgehead atoms. The highest BCUT2D eigenvalue weighted by molar-refractivity contribution is 7.14. The van der Waals surface area contributed by atoms with Crippen LogP contribution < -0.4 is 5.32 Å². The summed E-state index contributed by atoms with van der Waals surface area (Å²) >= 11 is 1.27. The molecule has 5 rings (SSSR count). The van der Waals surface area contributed by atoms with E-state index in [1.54, 1.807) is 17.2 Å². The SMILES string of the molecule is CC(ON=C(C(=O)O)c1csc(NC(c2ccccc2)(c2ccccc2)c2ccccc2)n1)C(=O)N1CCCCC1. The Hall–Kier alpha value is -4.50. The number of oxime groups is 1. The van der Waals surface area contributed by atoms with Gasteiger partial charge >= 0.3 is 5.97 Å². The fourth-order valence-electron chi connectivity index (χ4n) is 5.12. The molecule has 1 atom stereocenters. The molecule has 3 aromatic carbocycles. The minimum Gasteiger partial charge on any atom is -0.476 e. The second kappa shape index (κ2) is 12.8. The van der Waals surface area contributed by atoms with Crippen molar-refractivity contribution in [1.82, 2.24) is 9.88 Å². The lowest BCUT2D eigenvalue weighted by Crippen LogP contribution is -2.41. The van der Waals surface area contributed by atoms with Gasteiger partial charge in [0.05, 0.1) is 0 Å². The summed E-state index contributed by atoms with van der Waals surface area (Å²) < 4.78 is 0. The van der Waals surface area contributed by atoms with Gasteiger partial charge in [0, 0.05) is 18.5 Å². The average molecular weight is 569 g/mol. The highest BCUT2D eigenvalue weighted by Gasteiger charge is 2.37. The zero-order valence-corrected chi connectivity index (χ0v) is 23.6. The highest BCUT2D eigenvalue weighted by Crippen LogP contribution is 2.40. The van der Waals surface area contributed by atoms with Gasteiger partial charge < -0.3 is 20.2 Å². The van der Waals surface area contributed by atoms with Crippen LogP contribution in [0.15, 0.2) is 102 Å². The summed E-state index contributed by atoms with van der Waals surface area (Å²) in [5, 5.41) is 19.6. The molecule has 210 valence electrons. The lowest BCUT2D eigenvalue weighted by molar-refractivity contribution is -0.144. The first kappa shape index (κ1) is 28.0. The first-order valence-corrected chi connectivity index (χ1v) is 14.5. The Morgan fingerprint density at radius 3 is 1.90 bits per heavy atom. The first-order valence-electron chi connectivity index (χ1n) is 13.7. The Kier molecular flexibility index (Phi) is 8.74. The molecular weight excluding hydrogens is 536 g/mol. The summed E-state index contributed by atoms with van der Waals surface area (Å²) in [7, 11) is 0. The summed E-state index contributed by atoms with van der Waals surface area (Å²) in [5.41, 5.74) is 1.95. The monoisotopic (exact) mass is 568 g/mol. The molecule has 2 N–H and O–H groups in total. The van der Waals surface area contributed by atoms with E-state index in [2.05, 4.69) is 51.9 Å². The second-order valence-corrected chi connectivity index (χ2v) is 10.7. The van der Waals surface area contributed by atoms with Crippen LogP contribution in [0, 0.1) is 0 Å². The van der Waals surface area contributed by atoms with Crippen molar-refractivity contribution >= 4 is 34.1 Å². The maximum Gasteiger partial charge on any atom is 0.360 e. The van der Waals surface area contributed by atoms with E-state index in [4.69, 9.17) is 4.84 Å². The van der Waals surface area contributed by atoms with Crippen molar-refractivity contribution in [2.75, 3.05) is 18.4 Å². The third-order valence-electron chi connectivity index (χ3n) is 7.18. The van der Waals surface area contributed by atoms with E-state index in [1.807, 2.05) is 54.6 Å². The standard InChI is InChI=1S/C32H32N4O4S/c1-23(29(37)36-20-12-5-13-21-36)40-35-28(30(38)39)27-22-41-31(33-27)34-32(24-14-6-2-7-15-24,25-16-8-3-9-17-25)26-18-10-4-11-19-26/h2-4,6-11,14-19,22-23H,5,12-13,20-21H2,1H3,(H,33,34)(H,38,39). The molecule has 8 nitrogen and oxygen atoms in total. The predicted octanol–water partition coefficient (Wildman–Crippen LogP) is 5.75. The van der Waals surface area contributed by atoms with Crippen LogP contribution in [0.5, 0.6) is 0 Å². The zero-order chi connectivity index (χ0) is 28.7. The number of anilines is 1. The fourth-order valence-corrected chi connectivity index (χ4v) is 5.88. The Balaban J connectivity index is 1.48. The maximum absolute atomic E-state index is 12.7. The summed E-state index contributed by atoms with van der Waals surface area (Å²) in [6.07, 6.45) is 2.10. The maximum atomic E-state index is 12.7. The fraction of sp³-hybridized carbons (Fsp3) is 0.250. The number of nitrogens with zero attached hydrogens (tertiary/aromatic N) is 3. The van der Waals surface area contributed by atoms with E-state index >= 15 is 0 Å². The topological polar surface area (TPSA) is 104 Å². The number of piperidine rings is 1. The van der Waals surface area contributed by atoms with Crippen molar-refractivity contribution in [3.05, 3.63) is 119 Å². The number of nitrogens with one attached hydrogen (secondary N) is 1. The summed E-state index contributed by atoms with van der Waals surface area (Å²) in [4.78, 5) is 36.7. The Morgan fingerprint density at radius 2 is 1.41 bits per heavy atom. The van der Waals surface area contributed by atoms with Crippen LogP contribution in [0.4, 0.5) is 5.13 Å². The summed E-state index contributed by atoms with van der Waals surface area (Å²) in [6, 6.07) is 30.2. The predicted molar refractivity (Wildman–Crippen MR) is 160 cm³/mol. The smallest absolute Gasteiger partial charge is 0.360 e. The average Bonchev–Trinajstić information content (AvgIpc) is 3.49. The summed E-state index contributed by atoms with van der Waals surface area (Å²) in [6.45, 7) is 2.94. The lowest BCUT2D eigenvalue weighted by Gasteiger charge is -2.36. The van der Waals surface area contributed by atoms with Crippen LogP contribution in [0.2, 0.25) is 0 Å². The third kappa shape index (κ3) is 6.15. The molecular formula is C32H32N4O4S. The van der Waals surface area contributed by atoms with Crippen molar-refractivity contribution in [2.24, 2.45) is 5.16 Å². The zero-order valence-electron chi connectivity index (χ0n) is 22.8. The van der Waals surface area contributed by atoms with E-state index in [1.165, 1.54) is 11.3 Å². The quantitative estimate of drug-likeness (QED) is 0.143. The third-order valence-corrected chi connectivity index (χ3v) is 7.94. The van der Waals surface area contributed by atoms with Crippen LogP contribution in [0.3, 0.4) is 0 Å². The van der Waals surface area contributed by atoms with Crippen LogP contribution in [-0.4, -0.2) is 51.8 Å². The number of carbonyl (C=O) groups is 2. The van der Waals surface area contributed by atoms with Crippen molar-refractivity contribution in [3.63, 3.8) is 0 Å². The van der Waals surface area contributed by atoms with Crippen molar-refractivity contribution < 1.29 is 19.5 Å². The molecule has 1 saturated heterocycles. The minimum atomic E-state index is -1.29. The van der Waals surface area contributed by atoms with Crippen LogP contribution in [0.1, 0.15) is 48.6 Å². The van der Waals surface area contributed by atoms with E-state index in [-0.39, 0.29) is 17.3 Å². The molecule has 0 saturated carbocycles. The number of hydrogen-bond acceptors (Lipinski definition) is 7. The van der Waals surface area contributed by atoms with Gasteiger partial charge in [-0.3, -0.25) is 4.79 Å². The number of aromatic nitrogens is 1. The molecule has 41 heavy (non-hydrogen) atoms. The second-order valence-electron chi connectivity index (χ2n) is 9.89. The molecule has 0 aliphatic carbocycles. The van der Waals surface area contributed by atoms with Crippen molar-refractivity contribution in [3.8, 4) is 0 Å². The number of likely N-dealkylation sites (tertiary alicyclic amines) is 1. The number of amides is 1. The van der Waals surface area contributed by atoms with E-state index in [0.29, 0.717) is 18.2 Å².